The number of rotatable bonds is 5. The molecule has 4 nitrogen and oxygen atoms in total. The highest BCUT2D eigenvalue weighted by molar-refractivity contribution is 5.70. The van der Waals surface area contributed by atoms with Crippen LogP contribution in [0.2, 0.25) is 0 Å². The molecule has 0 aromatic heterocycles. The Morgan fingerprint density at radius 3 is 2.55 bits per heavy atom. The number of aliphatic carboxylic acids is 1. The fourth-order valence-corrected chi connectivity index (χ4v) is 3.31. The smallest absolute Gasteiger partial charge is 0.309 e. The van der Waals surface area contributed by atoms with Gasteiger partial charge in [0.05, 0.1) is 5.92 Å². The van der Waals surface area contributed by atoms with Crippen molar-refractivity contribution in [3.63, 3.8) is 0 Å². The average Bonchev–Trinajstić information content (AvgIpc) is 3.30. The van der Waals surface area contributed by atoms with E-state index in [2.05, 4.69) is 41.0 Å². The molecule has 3 rings (SSSR count). The lowest BCUT2D eigenvalue weighted by molar-refractivity contribution is -0.142. The van der Waals surface area contributed by atoms with Gasteiger partial charge in [-0.15, -0.1) is 0 Å². The minimum absolute atomic E-state index is 0.273. The highest BCUT2D eigenvalue weighted by Crippen LogP contribution is 2.30. The monoisotopic (exact) mass is 302 g/mol. The van der Waals surface area contributed by atoms with Gasteiger partial charge in [-0.2, -0.15) is 0 Å². The minimum atomic E-state index is -0.655. The first-order valence-corrected chi connectivity index (χ1v) is 8.34. The molecule has 120 valence electrons. The lowest BCUT2D eigenvalue weighted by atomic mass is 10.1. The Labute approximate surface area is 132 Å². The van der Waals surface area contributed by atoms with Gasteiger partial charge in [-0.1, -0.05) is 24.3 Å². The largest absolute Gasteiger partial charge is 0.481 e. The molecule has 0 radical (unpaired) electrons. The minimum Gasteiger partial charge on any atom is -0.481 e. The molecule has 0 bridgehead atoms. The van der Waals surface area contributed by atoms with E-state index in [1.54, 1.807) is 0 Å². The van der Waals surface area contributed by atoms with E-state index in [0.717, 1.165) is 32.1 Å². The molecule has 1 heterocycles. The second-order valence-corrected chi connectivity index (χ2v) is 6.90. The molecule has 1 aromatic rings. The third kappa shape index (κ3) is 4.08. The van der Waals surface area contributed by atoms with Crippen molar-refractivity contribution >= 4 is 5.97 Å². The molecule has 0 amide bonds. The zero-order valence-electron chi connectivity index (χ0n) is 13.4. The van der Waals surface area contributed by atoms with Crippen LogP contribution in [0.4, 0.5) is 0 Å². The van der Waals surface area contributed by atoms with Crippen LogP contribution in [0, 0.1) is 18.8 Å². The zero-order chi connectivity index (χ0) is 15.5. The first kappa shape index (κ1) is 15.5. The van der Waals surface area contributed by atoms with Crippen molar-refractivity contribution in [3.05, 3.63) is 35.4 Å². The van der Waals surface area contributed by atoms with Gasteiger partial charge in [0.2, 0.25) is 0 Å². The summed E-state index contributed by atoms with van der Waals surface area (Å²) in [6.07, 6.45) is 2.64. The first-order chi connectivity index (χ1) is 10.6. The van der Waals surface area contributed by atoms with Crippen molar-refractivity contribution in [2.24, 2.45) is 11.8 Å². The molecule has 22 heavy (non-hydrogen) atoms. The summed E-state index contributed by atoms with van der Waals surface area (Å²) >= 11 is 0. The highest BCUT2D eigenvalue weighted by atomic mass is 16.4. The number of hydrogen-bond acceptors (Lipinski definition) is 3. The molecule has 1 atom stereocenters. The summed E-state index contributed by atoms with van der Waals surface area (Å²) in [4.78, 5) is 16.2. The number of aryl methyl sites for hydroxylation is 1. The van der Waals surface area contributed by atoms with Gasteiger partial charge >= 0.3 is 5.97 Å². The molecule has 0 unspecified atom stereocenters. The Morgan fingerprint density at radius 2 is 1.86 bits per heavy atom. The Bertz CT molecular complexity index is 528. The zero-order valence-corrected chi connectivity index (χ0v) is 13.4. The van der Waals surface area contributed by atoms with E-state index in [0.29, 0.717) is 13.1 Å². The molecule has 2 aliphatic rings. The summed E-state index contributed by atoms with van der Waals surface area (Å²) in [6.45, 7) is 7.38. The number of carboxylic acids is 1. The average molecular weight is 302 g/mol. The van der Waals surface area contributed by atoms with E-state index in [9.17, 15) is 9.90 Å². The van der Waals surface area contributed by atoms with E-state index >= 15 is 0 Å². The third-order valence-electron chi connectivity index (χ3n) is 4.91. The summed E-state index contributed by atoms with van der Waals surface area (Å²) in [5.74, 6) is -0.111. The van der Waals surface area contributed by atoms with Crippen LogP contribution in [0.25, 0.3) is 0 Å². The predicted molar refractivity (Wildman–Crippen MR) is 86.7 cm³/mol. The number of carboxylic acid groups (broad SMARTS) is 1. The summed E-state index contributed by atoms with van der Waals surface area (Å²) in [5.41, 5.74) is 2.59. The van der Waals surface area contributed by atoms with Crippen molar-refractivity contribution in [2.45, 2.75) is 26.3 Å². The molecule has 2 fully saturated rings. The van der Waals surface area contributed by atoms with Gasteiger partial charge in [0.25, 0.3) is 0 Å². The Balaban J connectivity index is 1.66. The summed E-state index contributed by atoms with van der Waals surface area (Å²) in [7, 11) is 0. The van der Waals surface area contributed by atoms with Crippen LogP contribution in [0.3, 0.4) is 0 Å². The molecule has 1 saturated heterocycles. The molecular weight excluding hydrogens is 276 g/mol. The molecule has 1 aliphatic carbocycles. The van der Waals surface area contributed by atoms with Crippen LogP contribution in [-0.4, -0.2) is 53.6 Å². The molecule has 4 heteroatoms. The van der Waals surface area contributed by atoms with E-state index in [1.165, 1.54) is 24.0 Å². The molecule has 1 aromatic carbocycles. The van der Waals surface area contributed by atoms with E-state index in [-0.39, 0.29) is 5.92 Å². The standard InChI is InChI=1S/C18H26N2O2/c1-14-4-2-3-5-16(14)11-20-9-8-19(10-15-6-7-15)12-17(13-20)18(21)22/h2-5,15,17H,6-13H2,1H3,(H,21,22)/t17-/m0/s1. The third-order valence-corrected chi connectivity index (χ3v) is 4.91. The van der Waals surface area contributed by atoms with Gasteiger partial charge in [0.1, 0.15) is 0 Å². The lowest BCUT2D eigenvalue weighted by Crippen LogP contribution is -2.35. The Morgan fingerprint density at radius 1 is 1.18 bits per heavy atom. The van der Waals surface area contributed by atoms with Gasteiger partial charge in [-0.05, 0) is 36.8 Å². The van der Waals surface area contributed by atoms with Crippen molar-refractivity contribution in [1.29, 1.82) is 0 Å². The van der Waals surface area contributed by atoms with Crippen LogP contribution >= 0.6 is 0 Å². The maximum absolute atomic E-state index is 11.6. The van der Waals surface area contributed by atoms with Crippen LogP contribution in [0.5, 0.6) is 0 Å². The fourth-order valence-electron chi connectivity index (χ4n) is 3.31. The Kier molecular flexibility index (Phi) is 4.79. The highest BCUT2D eigenvalue weighted by Gasteiger charge is 2.31. The SMILES string of the molecule is Cc1ccccc1CN1CCN(CC2CC2)C[C@H](C(=O)O)C1. The first-order valence-electron chi connectivity index (χ1n) is 8.34. The van der Waals surface area contributed by atoms with Gasteiger partial charge in [0, 0.05) is 39.3 Å². The maximum Gasteiger partial charge on any atom is 0.309 e. The van der Waals surface area contributed by atoms with Gasteiger partial charge in [-0.25, -0.2) is 0 Å². The quantitative estimate of drug-likeness (QED) is 0.906. The second kappa shape index (κ2) is 6.80. The van der Waals surface area contributed by atoms with Crippen LogP contribution < -0.4 is 0 Å². The van der Waals surface area contributed by atoms with Crippen molar-refractivity contribution in [1.82, 2.24) is 9.80 Å². The molecule has 1 N–H and O–H groups in total. The molecule has 1 saturated carbocycles. The summed E-state index contributed by atoms with van der Waals surface area (Å²) < 4.78 is 0. The maximum atomic E-state index is 11.6. The van der Waals surface area contributed by atoms with Gasteiger partial charge in [-0.3, -0.25) is 9.69 Å². The van der Waals surface area contributed by atoms with Crippen LogP contribution in [0.1, 0.15) is 24.0 Å². The van der Waals surface area contributed by atoms with Gasteiger partial charge < -0.3 is 10.0 Å². The van der Waals surface area contributed by atoms with Crippen LogP contribution in [0.15, 0.2) is 24.3 Å². The number of benzene rings is 1. The molecule has 0 spiro atoms. The van der Waals surface area contributed by atoms with Crippen molar-refractivity contribution in [2.75, 3.05) is 32.7 Å². The van der Waals surface area contributed by atoms with E-state index < -0.39 is 5.97 Å². The number of nitrogens with zero attached hydrogens (tertiary/aromatic N) is 2. The Hall–Kier alpha value is -1.39. The second-order valence-electron chi connectivity index (χ2n) is 6.90. The summed E-state index contributed by atoms with van der Waals surface area (Å²) in [5, 5.41) is 9.52. The normalized spacial score (nSPS) is 24.1. The molecular formula is C18H26N2O2. The van der Waals surface area contributed by atoms with Crippen molar-refractivity contribution < 1.29 is 9.90 Å². The molecule has 1 aliphatic heterocycles. The predicted octanol–water partition coefficient (Wildman–Crippen LogP) is 2.22. The van der Waals surface area contributed by atoms with Crippen LogP contribution in [-0.2, 0) is 11.3 Å². The number of hydrogen-bond donors (Lipinski definition) is 1. The van der Waals surface area contributed by atoms with Gasteiger partial charge in [0.15, 0.2) is 0 Å². The van der Waals surface area contributed by atoms with Crippen molar-refractivity contribution in [3.8, 4) is 0 Å². The topological polar surface area (TPSA) is 43.8 Å². The lowest BCUT2D eigenvalue weighted by Gasteiger charge is -2.22. The fraction of sp³-hybridized carbons (Fsp3) is 0.611. The number of carbonyl (C=O) groups is 1. The van der Waals surface area contributed by atoms with E-state index in [4.69, 9.17) is 0 Å². The van der Waals surface area contributed by atoms with E-state index in [1.807, 2.05) is 0 Å². The summed E-state index contributed by atoms with van der Waals surface area (Å²) in [6, 6.07) is 8.39.